The van der Waals surface area contributed by atoms with Crippen molar-refractivity contribution in [1.29, 1.82) is 0 Å². The summed E-state index contributed by atoms with van der Waals surface area (Å²) in [4.78, 5) is 12.5. The van der Waals surface area contributed by atoms with Crippen molar-refractivity contribution in [3.8, 4) is 0 Å². The number of amides is 1. The fraction of sp³-hybridized carbons (Fsp3) is 0.941. The Kier molecular flexibility index (Phi) is 13.5. The highest BCUT2D eigenvalue weighted by molar-refractivity contribution is 5.76. The van der Waals surface area contributed by atoms with Gasteiger partial charge in [-0.1, -0.05) is 71.6 Å². The van der Waals surface area contributed by atoms with E-state index in [4.69, 9.17) is 0 Å². The molecule has 0 radical (unpaired) electrons. The average molecular weight is 269 g/mol. The lowest BCUT2D eigenvalue weighted by molar-refractivity contribution is -0.131. The molecule has 0 aromatic carbocycles. The van der Waals surface area contributed by atoms with Crippen LogP contribution < -0.4 is 0 Å². The van der Waals surface area contributed by atoms with Crippen molar-refractivity contribution in [3.05, 3.63) is 0 Å². The highest BCUT2D eigenvalue weighted by Gasteiger charge is 2.12. The second kappa shape index (κ2) is 13.9. The molecule has 0 atom stereocenters. The van der Waals surface area contributed by atoms with Gasteiger partial charge in [-0.2, -0.15) is 0 Å². The van der Waals surface area contributed by atoms with Crippen molar-refractivity contribution in [2.45, 2.75) is 90.9 Å². The predicted molar refractivity (Wildman–Crippen MR) is 84.4 cm³/mol. The monoisotopic (exact) mass is 269 g/mol. The maximum absolute atomic E-state index is 10.7. The molecular weight excluding hydrogens is 234 g/mol. The summed E-state index contributed by atoms with van der Waals surface area (Å²) in [5.74, 6) is 0.302. The van der Waals surface area contributed by atoms with Crippen LogP contribution in [0.3, 0.4) is 0 Å². The third-order valence-corrected chi connectivity index (χ3v) is 3.77. The molecule has 2 heteroatoms. The molecule has 0 saturated carbocycles. The van der Waals surface area contributed by atoms with Gasteiger partial charge in [0.15, 0.2) is 0 Å². The normalized spacial score (nSPS) is 15.1. The van der Waals surface area contributed by atoms with Gasteiger partial charge in [-0.05, 0) is 12.8 Å². The second-order valence-corrected chi connectivity index (χ2v) is 5.75. The fourth-order valence-electron chi connectivity index (χ4n) is 2.32. The highest BCUT2D eigenvalue weighted by Crippen LogP contribution is 2.09. The Morgan fingerprint density at radius 1 is 0.842 bits per heavy atom. The molecule has 1 aliphatic heterocycles. The maximum atomic E-state index is 10.7. The van der Waals surface area contributed by atoms with Gasteiger partial charge in [0.05, 0.1) is 0 Å². The molecule has 1 rings (SSSR count). The van der Waals surface area contributed by atoms with Crippen molar-refractivity contribution in [2.24, 2.45) is 0 Å². The topological polar surface area (TPSA) is 20.3 Å². The number of hydrogen-bond acceptors (Lipinski definition) is 1. The molecule has 114 valence electrons. The van der Waals surface area contributed by atoms with Gasteiger partial charge in [-0.25, -0.2) is 0 Å². The van der Waals surface area contributed by atoms with Crippen LogP contribution in [0.2, 0.25) is 0 Å². The van der Waals surface area contributed by atoms with Gasteiger partial charge in [0.1, 0.15) is 0 Å². The lowest BCUT2D eigenvalue weighted by Gasteiger charge is -2.21. The molecule has 0 spiro atoms. The molecule has 0 aliphatic carbocycles. The first-order valence-corrected chi connectivity index (χ1v) is 8.46. The number of rotatable bonds is 8. The van der Waals surface area contributed by atoms with Crippen molar-refractivity contribution in [3.63, 3.8) is 0 Å². The van der Waals surface area contributed by atoms with Gasteiger partial charge in [-0.15, -0.1) is 0 Å². The van der Waals surface area contributed by atoms with Crippen LogP contribution in [-0.2, 0) is 4.79 Å². The van der Waals surface area contributed by atoms with Crippen LogP contribution in [0.15, 0.2) is 0 Å². The van der Waals surface area contributed by atoms with Crippen molar-refractivity contribution < 1.29 is 4.79 Å². The van der Waals surface area contributed by atoms with E-state index in [1.807, 2.05) is 7.05 Å². The van der Waals surface area contributed by atoms with Crippen LogP contribution in [0.4, 0.5) is 0 Å². The maximum Gasteiger partial charge on any atom is 0.222 e. The van der Waals surface area contributed by atoms with E-state index in [0.29, 0.717) is 5.91 Å². The van der Waals surface area contributed by atoms with Crippen molar-refractivity contribution >= 4 is 5.91 Å². The minimum absolute atomic E-state index is 0.302. The van der Waals surface area contributed by atoms with E-state index in [2.05, 4.69) is 13.8 Å². The summed E-state index contributed by atoms with van der Waals surface area (Å²) in [6, 6.07) is 0. The van der Waals surface area contributed by atoms with Gasteiger partial charge in [0.2, 0.25) is 5.91 Å². The zero-order chi connectivity index (χ0) is 14.3. The quantitative estimate of drug-likeness (QED) is 0.557. The van der Waals surface area contributed by atoms with Crippen LogP contribution >= 0.6 is 0 Å². The second-order valence-electron chi connectivity index (χ2n) is 5.75. The Labute approximate surface area is 120 Å². The molecule has 0 aromatic heterocycles. The molecule has 1 heterocycles. The zero-order valence-corrected chi connectivity index (χ0v) is 13.5. The molecule has 0 bridgehead atoms. The molecule has 0 N–H and O–H groups in total. The fourth-order valence-corrected chi connectivity index (χ4v) is 2.32. The minimum atomic E-state index is 0.302. The molecular formula is C17H35NO. The van der Waals surface area contributed by atoms with E-state index in [1.165, 1.54) is 64.2 Å². The largest absolute Gasteiger partial charge is 0.346 e. The summed E-state index contributed by atoms with van der Waals surface area (Å²) in [5.41, 5.74) is 0. The summed E-state index contributed by atoms with van der Waals surface area (Å²) in [7, 11) is 1.86. The number of likely N-dealkylation sites (tertiary alicyclic amines) is 1. The van der Waals surface area contributed by atoms with Gasteiger partial charge in [0, 0.05) is 20.0 Å². The molecule has 2 nitrogen and oxygen atoms in total. The number of carbonyl (C=O) groups is 1. The molecule has 0 unspecified atom stereocenters. The van der Waals surface area contributed by atoms with E-state index in [9.17, 15) is 4.79 Å². The van der Waals surface area contributed by atoms with Crippen molar-refractivity contribution in [1.82, 2.24) is 4.90 Å². The minimum Gasteiger partial charge on any atom is -0.346 e. The van der Waals surface area contributed by atoms with Crippen LogP contribution in [0.1, 0.15) is 90.9 Å². The lowest BCUT2D eigenvalue weighted by atomic mass is 10.1. The molecule has 1 aliphatic rings. The first kappa shape index (κ1) is 18.5. The van der Waals surface area contributed by atoms with Gasteiger partial charge < -0.3 is 4.90 Å². The number of unbranched alkanes of at least 4 members (excludes halogenated alkanes) is 8. The Hall–Kier alpha value is -0.530. The van der Waals surface area contributed by atoms with Crippen LogP contribution in [0.5, 0.6) is 0 Å². The highest BCUT2D eigenvalue weighted by atomic mass is 16.2. The standard InChI is InChI=1S/C11H24.C6H11NO/c1-3-5-7-9-11-10-8-6-4-2;1-7-5-3-2-4-6(7)8/h3-11H2,1-2H3;2-5H2,1H3. The summed E-state index contributed by atoms with van der Waals surface area (Å²) in [5, 5.41) is 0. The SMILES string of the molecule is CCCCCCCCCCC.CN1CCCCC1=O. The number of nitrogens with zero attached hydrogens (tertiary/aromatic N) is 1. The number of piperidine rings is 1. The van der Waals surface area contributed by atoms with Gasteiger partial charge in [0.25, 0.3) is 0 Å². The Balaban J connectivity index is 0.000000356. The van der Waals surface area contributed by atoms with Gasteiger partial charge in [-0.3, -0.25) is 4.79 Å². The summed E-state index contributed by atoms with van der Waals surface area (Å²) in [6.07, 6.45) is 16.0. The molecule has 1 fully saturated rings. The summed E-state index contributed by atoms with van der Waals surface area (Å²) in [6.45, 7) is 5.51. The summed E-state index contributed by atoms with van der Waals surface area (Å²) < 4.78 is 0. The molecule has 19 heavy (non-hydrogen) atoms. The molecule has 1 amide bonds. The van der Waals surface area contributed by atoms with Crippen LogP contribution in [0.25, 0.3) is 0 Å². The molecule has 1 saturated heterocycles. The Bertz CT molecular complexity index is 195. The summed E-state index contributed by atoms with van der Waals surface area (Å²) >= 11 is 0. The van der Waals surface area contributed by atoms with E-state index in [1.54, 1.807) is 4.90 Å². The first-order chi connectivity index (χ1) is 9.22. The third kappa shape index (κ3) is 12.3. The average Bonchev–Trinajstić information content (AvgIpc) is 2.42. The van der Waals surface area contributed by atoms with Crippen LogP contribution in [0, 0.1) is 0 Å². The Morgan fingerprint density at radius 2 is 1.32 bits per heavy atom. The smallest absolute Gasteiger partial charge is 0.222 e. The van der Waals surface area contributed by atoms with E-state index >= 15 is 0 Å². The van der Waals surface area contributed by atoms with Gasteiger partial charge >= 0.3 is 0 Å². The zero-order valence-electron chi connectivity index (χ0n) is 13.5. The van der Waals surface area contributed by atoms with Crippen molar-refractivity contribution in [2.75, 3.05) is 13.6 Å². The number of carbonyl (C=O) groups excluding carboxylic acids is 1. The Morgan fingerprint density at radius 3 is 1.63 bits per heavy atom. The van der Waals surface area contributed by atoms with Crippen LogP contribution in [-0.4, -0.2) is 24.4 Å². The predicted octanol–water partition coefficient (Wildman–Crippen LogP) is 5.17. The molecule has 0 aromatic rings. The van der Waals surface area contributed by atoms with E-state index < -0.39 is 0 Å². The number of hydrogen-bond donors (Lipinski definition) is 0. The third-order valence-electron chi connectivity index (χ3n) is 3.77. The lowest BCUT2D eigenvalue weighted by Crippen LogP contribution is -2.31. The van der Waals surface area contributed by atoms with E-state index in [-0.39, 0.29) is 0 Å². The van der Waals surface area contributed by atoms with E-state index in [0.717, 1.165) is 19.4 Å². The first-order valence-electron chi connectivity index (χ1n) is 8.46.